The summed E-state index contributed by atoms with van der Waals surface area (Å²) in [6.45, 7) is -1.04. The zero-order valence-electron chi connectivity index (χ0n) is 25.0. The van der Waals surface area contributed by atoms with Gasteiger partial charge in [0.2, 0.25) is 12.2 Å². The molecular formula is C32H30Cl2N4O9. The number of ether oxygens (including phenoxy) is 3. The Morgan fingerprint density at radius 2 is 1.64 bits per heavy atom. The number of carbonyl (C=O) groups is 5. The van der Waals surface area contributed by atoms with Gasteiger partial charge in [-0.15, -0.1) is 0 Å². The third kappa shape index (κ3) is 7.83. The van der Waals surface area contributed by atoms with Crippen LogP contribution in [0.15, 0.2) is 66.7 Å². The molecule has 0 spiro atoms. The predicted molar refractivity (Wildman–Crippen MR) is 170 cm³/mol. The van der Waals surface area contributed by atoms with Gasteiger partial charge < -0.3 is 34.9 Å². The van der Waals surface area contributed by atoms with Crippen LogP contribution in [0.1, 0.15) is 22.3 Å². The molecule has 3 unspecified atom stereocenters. The van der Waals surface area contributed by atoms with E-state index in [0.29, 0.717) is 5.69 Å². The molecule has 3 aromatic carbocycles. The Balaban J connectivity index is 1.39. The Labute approximate surface area is 279 Å². The molecular weight excluding hydrogens is 655 g/mol. The number of nitrogens with one attached hydrogen (secondary N) is 2. The summed E-state index contributed by atoms with van der Waals surface area (Å²) < 4.78 is 16.1. The van der Waals surface area contributed by atoms with Gasteiger partial charge >= 0.3 is 5.97 Å². The van der Waals surface area contributed by atoms with Gasteiger partial charge in [-0.25, -0.2) is 0 Å². The molecule has 15 heteroatoms. The summed E-state index contributed by atoms with van der Waals surface area (Å²) >= 11 is 12.0. The van der Waals surface area contributed by atoms with Gasteiger partial charge in [0.15, 0.2) is 5.75 Å². The minimum absolute atomic E-state index is 0.0566. The van der Waals surface area contributed by atoms with Gasteiger partial charge in [-0.2, -0.15) is 0 Å². The van der Waals surface area contributed by atoms with Crippen molar-refractivity contribution in [1.29, 1.82) is 0 Å². The third-order valence-electron chi connectivity index (χ3n) is 7.41. The van der Waals surface area contributed by atoms with Gasteiger partial charge in [0.1, 0.15) is 25.2 Å². The molecule has 47 heavy (non-hydrogen) atoms. The lowest BCUT2D eigenvalue weighted by Gasteiger charge is -2.26. The lowest BCUT2D eigenvalue weighted by atomic mass is 10.1. The molecule has 2 aliphatic rings. The molecule has 2 aliphatic heterocycles. The van der Waals surface area contributed by atoms with Gasteiger partial charge in [0.25, 0.3) is 17.7 Å². The van der Waals surface area contributed by atoms with Crippen molar-refractivity contribution in [2.75, 3.05) is 36.6 Å². The smallest absolute Gasteiger partial charge is 0.310 e. The average Bonchev–Trinajstić information content (AvgIpc) is 3.36. The van der Waals surface area contributed by atoms with Crippen LogP contribution >= 0.6 is 23.2 Å². The van der Waals surface area contributed by atoms with E-state index >= 15 is 0 Å². The maximum absolute atomic E-state index is 14.1. The molecule has 3 N–H and O–H groups in total. The van der Waals surface area contributed by atoms with Crippen molar-refractivity contribution in [3.05, 3.63) is 87.9 Å². The zero-order valence-corrected chi connectivity index (χ0v) is 26.5. The number of aromatic hydroxyl groups is 1. The fourth-order valence-corrected chi connectivity index (χ4v) is 5.67. The largest absolute Gasteiger partial charge is 0.505 e. The Bertz CT molecular complexity index is 1670. The standard InChI is InChI=1S/C32H30Cl2N4O9/c1-45-17-27(40)37-14-23(36-30(43)19-11-20(33)29(42)21(34)12-19)31(44)38(25-10-6-5-9-24(25)37)15-26(39)35-22-13-28(41)47-32(22)46-16-18-7-3-2-4-8-18/h2-12,22-23,32,42H,13-17H2,1H3,(H,35,39)(H,36,43). The van der Waals surface area contributed by atoms with Crippen LogP contribution in [0.5, 0.6) is 5.75 Å². The SMILES string of the molecule is COCC(=O)N1CC(NC(=O)c2cc(Cl)c(O)c(Cl)c2)C(=O)N(CC(=O)NC2CC(=O)OC2OCc2ccccc2)c2ccccc21. The normalized spacial score (nSPS) is 19.1. The van der Waals surface area contributed by atoms with Gasteiger partial charge in [-0.3, -0.25) is 28.9 Å². The maximum Gasteiger partial charge on any atom is 0.310 e. The van der Waals surface area contributed by atoms with Gasteiger partial charge in [-0.1, -0.05) is 65.7 Å². The maximum atomic E-state index is 14.1. The molecule has 1 saturated heterocycles. The summed E-state index contributed by atoms with van der Waals surface area (Å²) in [6, 6.07) is 15.8. The number of carbonyl (C=O) groups excluding carboxylic acids is 5. The molecule has 13 nitrogen and oxygen atoms in total. The fourth-order valence-electron chi connectivity index (χ4n) is 5.19. The molecule has 4 amide bonds. The number of cyclic esters (lactones) is 1. The van der Waals surface area contributed by atoms with Crippen molar-refractivity contribution in [3.8, 4) is 5.75 Å². The van der Waals surface area contributed by atoms with Crippen molar-refractivity contribution in [2.45, 2.75) is 31.4 Å². The Kier molecular flexibility index (Phi) is 10.6. The van der Waals surface area contributed by atoms with E-state index in [1.54, 1.807) is 24.3 Å². The highest BCUT2D eigenvalue weighted by atomic mass is 35.5. The highest BCUT2D eigenvalue weighted by Gasteiger charge is 2.40. The second-order valence-corrected chi connectivity index (χ2v) is 11.5. The number of hydrogen-bond donors (Lipinski definition) is 3. The number of anilines is 2. The van der Waals surface area contributed by atoms with Crippen LogP contribution in [0.4, 0.5) is 11.4 Å². The van der Waals surface area contributed by atoms with Crippen LogP contribution in [0.25, 0.3) is 0 Å². The fraction of sp³-hybridized carbons (Fsp3) is 0.281. The molecule has 3 atom stereocenters. The number of amides is 4. The monoisotopic (exact) mass is 684 g/mol. The van der Waals surface area contributed by atoms with Crippen LogP contribution in [0.3, 0.4) is 0 Å². The zero-order chi connectivity index (χ0) is 33.7. The molecule has 0 aliphatic carbocycles. The van der Waals surface area contributed by atoms with E-state index in [-0.39, 0.29) is 47.5 Å². The molecule has 246 valence electrons. The third-order valence-corrected chi connectivity index (χ3v) is 7.99. The Hall–Kier alpha value is -4.69. The van der Waals surface area contributed by atoms with Crippen molar-refractivity contribution < 1.29 is 43.3 Å². The summed E-state index contributed by atoms with van der Waals surface area (Å²) in [4.78, 5) is 68.6. The number of nitrogens with zero attached hydrogens (tertiary/aromatic N) is 2. The van der Waals surface area contributed by atoms with Crippen LogP contribution in [-0.2, 0) is 40.0 Å². The van der Waals surface area contributed by atoms with Crippen molar-refractivity contribution in [1.82, 2.24) is 10.6 Å². The minimum Gasteiger partial charge on any atom is -0.505 e. The summed E-state index contributed by atoms with van der Waals surface area (Å²) in [5.74, 6) is -3.62. The molecule has 1 fully saturated rings. The van der Waals surface area contributed by atoms with Gasteiger partial charge in [-0.05, 0) is 29.8 Å². The first-order valence-electron chi connectivity index (χ1n) is 14.4. The number of benzene rings is 3. The molecule has 2 heterocycles. The topological polar surface area (TPSA) is 164 Å². The first kappa shape index (κ1) is 33.7. The number of methoxy groups -OCH3 is 1. The molecule has 3 aromatic rings. The number of halogens is 2. The molecule has 0 bridgehead atoms. The average molecular weight is 686 g/mol. The van der Waals surface area contributed by atoms with Crippen molar-refractivity contribution >= 4 is 64.2 Å². The second kappa shape index (κ2) is 14.8. The summed E-state index contributed by atoms with van der Waals surface area (Å²) in [6.07, 6.45) is -1.21. The van der Waals surface area contributed by atoms with Crippen molar-refractivity contribution in [2.24, 2.45) is 0 Å². The Morgan fingerprint density at radius 1 is 0.979 bits per heavy atom. The first-order chi connectivity index (χ1) is 22.5. The number of hydrogen-bond acceptors (Lipinski definition) is 9. The molecule has 0 saturated carbocycles. The Morgan fingerprint density at radius 3 is 2.32 bits per heavy atom. The summed E-state index contributed by atoms with van der Waals surface area (Å²) in [5.41, 5.74) is 1.30. The van der Waals surface area contributed by atoms with Gasteiger partial charge in [0.05, 0.1) is 41.0 Å². The number of phenolic OH excluding ortho intramolecular Hbond substituents is 1. The summed E-state index contributed by atoms with van der Waals surface area (Å²) in [7, 11) is 1.34. The van der Waals surface area contributed by atoms with Crippen LogP contribution in [0.2, 0.25) is 10.0 Å². The van der Waals surface area contributed by atoms with E-state index in [0.717, 1.165) is 10.5 Å². The van der Waals surface area contributed by atoms with Crippen LogP contribution in [0, 0.1) is 0 Å². The molecule has 5 rings (SSSR count). The lowest BCUT2D eigenvalue weighted by molar-refractivity contribution is -0.168. The van der Waals surface area contributed by atoms with E-state index in [1.807, 2.05) is 30.3 Å². The summed E-state index contributed by atoms with van der Waals surface area (Å²) in [5, 5.41) is 14.9. The lowest BCUT2D eigenvalue weighted by Crippen LogP contribution is -2.55. The highest BCUT2D eigenvalue weighted by molar-refractivity contribution is 6.37. The number of para-hydroxylation sites is 2. The van der Waals surface area contributed by atoms with E-state index in [2.05, 4.69) is 10.6 Å². The van der Waals surface area contributed by atoms with Crippen LogP contribution < -0.4 is 20.4 Å². The number of esters is 1. The van der Waals surface area contributed by atoms with Crippen molar-refractivity contribution in [3.63, 3.8) is 0 Å². The van der Waals surface area contributed by atoms with E-state index < -0.39 is 60.3 Å². The van der Waals surface area contributed by atoms with E-state index in [9.17, 15) is 29.1 Å². The number of rotatable bonds is 10. The minimum atomic E-state index is -1.35. The first-order valence-corrected chi connectivity index (χ1v) is 15.1. The van der Waals surface area contributed by atoms with Crippen LogP contribution in [-0.4, -0.2) is 79.9 Å². The highest BCUT2D eigenvalue weighted by Crippen LogP contribution is 2.34. The van der Waals surface area contributed by atoms with Gasteiger partial charge in [0, 0.05) is 12.7 Å². The quantitative estimate of drug-likeness (QED) is 0.273. The predicted octanol–water partition coefficient (Wildman–Crippen LogP) is 2.80. The van der Waals surface area contributed by atoms with E-state index in [4.69, 9.17) is 37.4 Å². The number of phenols is 1. The molecule has 0 aromatic heterocycles. The van der Waals surface area contributed by atoms with E-state index in [1.165, 1.54) is 24.1 Å². The number of fused-ring (bicyclic) bond motifs is 1. The molecule has 0 radical (unpaired) electrons. The second-order valence-electron chi connectivity index (χ2n) is 10.7.